The molecule has 0 radical (unpaired) electrons. The van der Waals surface area contributed by atoms with E-state index in [-0.39, 0.29) is 0 Å². The molecule has 0 aromatic carbocycles. The standard InChI is InChI=1S/C10H16F3N3/c1-9(7-10(11,12)13)15-3-2-5-16-6-4-14-8-16/h4,6,8-9,15H,2-3,5,7H2,1H3. The molecule has 92 valence electrons. The molecule has 16 heavy (non-hydrogen) atoms. The first-order chi connectivity index (χ1) is 7.47. The maximum Gasteiger partial charge on any atom is 0.390 e. The molecule has 1 aromatic rings. The van der Waals surface area contributed by atoms with Crippen LogP contribution in [0.1, 0.15) is 19.8 Å². The Balaban J connectivity index is 2.07. The maximum atomic E-state index is 12.0. The van der Waals surface area contributed by atoms with Gasteiger partial charge in [0.1, 0.15) is 0 Å². The van der Waals surface area contributed by atoms with Gasteiger partial charge in [0, 0.05) is 25.0 Å². The minimum Gasteiger partial charge on any atom is -0.337 e. The lowest BCUT2D eigenvalue weighted by atomic mass is 10.2. The molecule has 1 rings (SSSR count). The van der Waals surface area contributed by atoms with Crippen LogP contribution in [0.15, 0.2) is 18.7 Å². The Labute approximate surface area is 92.7 Å². The average Bonchev–Trinajstić information content (AvgIpc) is 2.62. The Morgan fingerprint density at radius 3 is 2.75 bits per heavy atom. The molecule has 0 bridgehead atoms. The van der Waals surface area contributed by atoms with Crippen LogP contribution >= 0.6 is 0 Å². The van der Waals surface area contributed by atoms with Gasteiger partial charge in [-0.2, -0.15) is 13.2 Å². The van der Waals surface area contributed by atoms with Crippen LogP contribution in [0.25, 0.3) is 0 Å². The molecule has 3 nitrogen and oxygen atoms in total. The van der Waals surface area contributed by atoms with Gasteiger partial charge in [0.15, 0.2) is 0 Å². The Hall–Kier alpha value is -1.04. The van der Waals surface area contributed by atoms with Crippen LogP contribution in [0.5, 0.6) is 0 Å². The number of alkyl halides is 3. The molecule has 6 heteroatoms. The zero-order valence-electron chi connectivity index (χ0n) is 9.17. The van der Waals surface area contributed by atoms with E-state index in [2.05, 4.69) is 10.3 Å². The molecule has 0 amide bonds. The van der Waals surface area contributed by atoms with Crippen LogP contribution < -0.4 is 5.32 Å². The molecule has 0 aliphatic heterocycles. The van der Waals surface area contributed by atoms with Gasteiger partial charge in [-0.3, -0.25) is 0 Å². The highest BCUT2D eigenvalue weighted by Crippen LogP contribution is 2.21. The number of hydrogen-bond donors (Lipinski definition) is 1. The Morgan fingerprint density at radius 1 is 1.44 bits per heavy atom. The summed E-state index contributed by atoms with van der Waals surface area (Å²) in [6.07, 6.45) is 1.13. The van der Waals surface area contributed by atoms with Crippen molar-refractivity contribution in [1.29, 1.82) is 0 Å². The van der Waals surface area contributed by atoms with Crippen LogP contribution in [0.2, 0.25) is 0 Å². The summed E-state index contributed by atoms with van der Waals surface area (Å²) < 4.78 is 37.9. The van der Waals surface area contributed by atoms with E-state index >= 15 is 0 Å². The fourth-order valence-electron chi connectivity index (χ4n) is 1.45. The maximum absolute atomic E-state index is 12.0. The van der Waals surface area contributed by atoms with Gasteiger partial charge in [0.2, 0.25) is 0 Å². The highest BCUT2D eigenvalue weighted by molar-refractivity contribution is 4.74. The first-order valence-corrected chi connectivity index (χ1v) is 5.23. The van der Waals surface area contributed by atoms with Crippen LogP contribution in [0.4, 0.5) is 13.2 Å². The van der Waals surface area contributed by atoms with Crippen molar-refractivity contribution in [1.82, 2.24) is 14.9 Å². The second-order valence-corrected chi connectivity index (χ2v) is 3.83. The largest absolute Gasteiger partial charge is 0.390 e. The summed E-state index contributed by atoms with van der Waals surface area (Å²) in [6, 6.07) is -0.525. The molecule has 0 fully saturated rings. The van der Waals surface area contributed by atoms with Gasteiger partial charge < -0.3 is 9.88 Å². The van der Waals surface area contributed by atoms with Gasteiger partial charge in [-0.1, -0.05) is 0 Å². The van der Waals surface area contributed by atoms with Gasteiger partial charge >= 0.3 is 6.18 Å². The average molecular weight is 235 g/mol. The van der Waals surface area contributed by atoms with Crippen molar-refractivity contribution in [3.63, 3.8) is 0 Å². The molecule has 0 aliphatic carbocycles. The third-order valence-electron chi connectivity index (χ3n) is 2.18. The van der Waals surface area contributed by atoms with Gasteiger partial charge in [0.25, 0.3) is 0 Å². The second kappa shape index (κ2) is 5.89. The van der Waals surface area contributed by atoms with E-state index in [1.165, 1.54) is 0 Å². The van der Waals surface area contributed by atoms with Gasteiger partial charge in [-0.25, -0.2) is 4.98 Å². The second-order valence-electron chi connectivity index (χ2n) is 3.83. The van der Waals surface area contributed by atoms with Crippen molar-refractivity contribution in [2.75, 3.05) is 6.54 Å². The van der Waals surface area contributed by atoms with Crippen molar-refractivity contribution in [3.8, 4) is 0 Å². The molecular weight excluding hydrogens is 219 g/mol. The molecule has 0 saturated heterocycles. The monoisotopic (exact) mass is 235 g/mol. The SMILES string of the molecule is CC(CC(F)(F)F)NCCCn1ccnc1. The smallest absolute Gasteiger partial charge is 0.337 e. The van der Waals surface area contributed by atoms with Crippen LogP contribution in [-0.4, -0.2) is 28.3 Å². The van der Waals surface area contributed by atoms with Crippen molar-refractivity contribution < 1.29 is 13.2 Å². The van der Waals surface area contributed by atoms with Crippen molar-refractivity contribution >= 4 is 0 Å². The summed E-state index contributed by atoms with van der Waals surface area (Å²) in [5.74, 6) is 0. The highest BCUT2D eigenvalue weighted by Gasteiger charge is 2.29. The fourth-order valence-corrected chi connectivity index (χ4v) is 1.45. The summed E-state index contributed by atoms with van der Waals surface area (Å²) in [5.41, 5.74) is 0. The summed E-state index contributed by atoms with van der Waals surface area (Å²) in [6.45, 7) is 2.89. The number of hydrogen-bond acceptors (Lipinski definition) is 2. The predicted octanol–water partition coefficient (Wildman–Crippen LogP) is 2.20. The molecule has 1 N–H and O–H groups in total. The van der Waals surface area contributed by atoms with Crippen LogP contribution in [0, 0.1) is 0 Å². The number of imidazole rings is 1. The first kappa shape index (κ1) is 13.0. The first-order valence-electron chi connectivity index (χ1n) is 5.23. The van der Waals surface area contributed by atoms with Crippen molar-refractivity contribution in [2.45, 2.75) is 38.5 Å². The number of aromatic nitrogens is 2. The molecule has 1 unspecified atom stereocenters. The van der Waals surface area contributed by atoms with E-state index in [1.54, 1.807) is 19.4 Å². The lowest BCUT2D eigenvalue weighted by molar-refractivity contribution is -0.139. The zero-order chi connectivity index (χ0) is 12.0. The molecule has 1 heterocycles. The summed E-state index contributed by atoms with van der Waals surface area (Å²) in [4.78, 5) is 3.88. The molecule has 1 aromatic heterocycles. The number of nitrogens with zero attached hydrogens (tertiary/aromatic N) is 2. The molecule has 0 aliphatic rings. The molecular formula is C10H16F3N3. The highest BCUT2D eigenvalue weighted by atomic mass is 19.4. The van der Waals surface area contributed by atoms with Gasteiger partial charge in [0.05, 0.1) is 12.7 Å². The topological polar surface area (TPSA) is 29.9 Å². The summed E-state index contributed by atoms with van der Waals surface area (Å²) >= 11 is 0. The third-order valence-corrected chi connectivity index (χ3v) is 2.18. The Kier molecular flexibility index (Phi) is 4.79. The van der Waals surface area contributed by atoms with E-state index in [9.17, 15) is 13.2 Å². The Bertz CT molecular complexity index is 282. The molecule has 0 spiro atoms. The van der Waals surface area contributed by atoms with Crippen molar-refractivity contribution in [3.05, 3.63) is 18.7 Å². The van der Waals surface area contributed by atoms with Gasteiger partial charge in [-0.05, 0) is 19.9 Å². The summed E-state index contributed by atoms with van der Waals surface area (Å²) in [5, 5.41) is 2.85. The van der Waals surface area contributed by atoms with E-state index in [4.69, 9.17) is 0 Å². The molecule has 0 saturated carbocycles. The minimum absolute atomic E-state index is 0.525. The zero-order valence-corrected chi connectivity index (χ0v) is 9.17. The molecule has 1 atom stereocenters. The van der Waals surface area contributed by atoms with Crippen LogP contribution in [-0.2, 0) is 6.54 Å². The predicted molar refractivity (Wildman–Crippen MR) is 55.0 cm³/mol. The number of rotatable bonds is 6. The van der Waals surface area contributed by atoms with Crippen LogP contribution in [0.3, 0.4) is 0 Å². The third kappa shape index (κ3) is 5.75. The number of aryl methyl sites for hydroxylation is 1. The normalized spacial score (nSPS) is 14.0. The lowest BCUT2D eigenvalue weighted by Crippen LogP contribution is -2.32. The van der Waals surface area contributed by atoms with E-state index < -0.39 is 18.6 Å². The van der Waals surface area contributed by atoms with E-state index in [1.807, 2.05) is 10.8 Å². The van der Waals surface area contributed by atoms with Gasteiger partial charge in [-0.15, -0.1) is 0 Å². The van der Waals surface area contributed by atoms with E-state index in [0.717, 1.165) is 13.0 Å². The lowest BCUT2D eigenvalue weighted by Gasteiger charge is -2.15. The number of nitrogens with one attached hydrogen (secondary N) is 1. The fraction of sp³-hybridized carbons (Fsp3) is 0.700. The number of halogens is 3. The van der Waals surface area contributed by atoms with Crippen molar-refractivity contribution in [2.24, 2.45) is 0 Å². The van der Waals surface area contributed by atoms with E-state index in [0.29, 0.717) is 6.54 Å². The minimum atomic E-state index is -4.09. The summed E-state index contributed by atoms with van der Waals surface area (Å²) in [7, 11) is 0. The quantitative estimate of drug-likeness (QED) is 0.766. The Morgan fingerprint density at radius 2 is 2.19 bits per heavy atom.